The summed E-state index contributed by atoms with van der Waals surface area (Å²) in [5, 5.41) is 5.04. The minimum atomic E-state index is -0.0532. The fraction of sp³-hybridized carbons (Fsp3) is 0.294. The molecule has 1 aliphatic heterocycles. The first-order valence-corrected chi connectivity index (χ1v) is 9.04. The van der Waals surface area contributed by atoms with E-state index in [1.807, 2.05) is 23.1 Å². The van der Waals surface area contributed by atoms with Crippen LogP contribution in [-0.4, -0.2) is 34.9 Å². The molecule has 5 nitrogen and oxygen atoms in total. The lowest BCUT2D eigenvalue weighted by Crippen LogP contribution is -2.45. The topological polar surface area (TPSA) is 58.4 Å². The molecular formula is C17H16ClN3O2S. The molecular weight excluding hydrogens is 346 g/mol. The number of halogens is 1. The van der Waals surface area contributed by atoms with Gasteiger partial charge < -0.3 is 14.6 Å². The Hall–Kier alpha value is -2.05. The van der Waals surface area contributed by atoms with Crippen molar-refractivity contribution >= 4 is 44.2 Å². The van der Waals surface area contributed by atoms with Crippen LogP contribution in [0.5, 0.6) is 0 Å². The summed E-state index contributed by atoms with van der Waals surface area (Å²) in [6.07, 6.45) is 3.50. The first kappa shape index (κ1) is 15.5. The zero-order valence-corrected chi connectivity index (χ0v) is 14.4. The standard InChI is InChI=1S/C17H16ClN3O2S/c18-11-5-6-13-15(9-11)24-17(20-13)19-12-3-1-7-21(10-12)16(22)14-4-2-8-23-14/h2,4-6,8-9,12H,1,3,7,10H2,(H,19,20). The Morgan fingerprint density at radius 3 is 3.17 bits per heavy atom. The second kappa shape index (κ2) is 6.45. The lowest BCUT2D eigenvalue weighted by Gasteiger charge is -2.32. The third kappa shape index (κ3) is 3.12. The zero-order valence-electron chi connectivity index (χ0n) is 12.9. The van der Waals surface area contributed by atoms with Crippen molar-refractivity contribution in [2.24, 2.45) is 0 Å². The van der Waals surface area contributed by atoms with Crippen LogP contribution in [0.4, 0.5) is 5.13 Å². The van der Waals surface area contributed by atoms with Crippen LogP contribution in [0.3, 0.4) is 0 Å². The average molecular weight is 362 g/mol. The van der Waals surface area contributed by atoms with E-state index in [-0.39, 0.29) is 11.9 Å². The number of nitrogens with one attached hydrogen (secondary N) is 1. The normalized spacial score (nSPS) is 18.0. The van der Waals surface area contributed by atoms with Crippen molar-refractivity contribution in [1.29, 1.82) is 0 Å². The van der Waals surface area contributed by atoms with Crippen molar-refractivity contribution in [1.82, 2.24) is 9.88 Å². The van der Waals surface area contributed by atoms with Crippen LogP contribution in [0.25, 0.3) is 10.2 Å². The Balaban J connectivity index is 1.46. The number of hydrogen-bond donors (Lipinski definition) is 1. The first-order valence-electron chi connectivity index (χ1n) is 7.84. The molecule has 3 aromatic rings. The number of amides is 1. The summed E-state index contributed by atoms with van der Waals surface area (Å²) in [5.41, 5.74) is 0.936. The molecule has 0 aliphatic carbocycles. The van der Waals surface area contributed by atoms with Crippen LogP contribution in [-0.2, 0) is 0 Å². The van der Waals surface area contributed by atoms with Crippen LogP contribution in [0.2, 0.25) is 5.02 Å². The molecule has 2 aromatic heterocycles. The van der Waals surface area contributed by atoms with Gasteiger partial charge in [0, 0.05) is 24.2 Å². The summed E-state index contributed by atoms with van der Waals surface area (Å²) in [6.45, 7) is 1.41. The number of anilines is 1. The predicted octanol–water partition coefficient (Wildman–Crippen LogP) is 4.26. The van der Waals surface area contributed by atoms with Crippen LogP contribution >= 0.6 is 22.9 Å². The zero-order chi connectivity index (χ0) is 16.5. The predicted molar refractivity (Wildman–Crippen MR) is 95.9 cm³/mol. The Morgan fingerprint density at radius 1 is 1.42 bits per heavy atom. The number of nitrogens with zero attached hydrogens (tertiary/aromatic N) is 2. The van der Waals surface area contributed by atoms with E-state index in [9.17, 15) is 4.79 Å². The van der Waals surface area contributed by atoms with E-state index in [2.05, 4.69) is 10.3 Å². The molecule has 1 N–H and O–H groups in total. The van der Waals surface area contributed by atoms with Gasteiger partial charge in [-0.1, -0.05) is 22.9 Å². The Labute approximate surface area is 148 Å². The highest BCUT2D eigenvalue weighted by Crippen LogP contribution is 2.29. The molecule has 1 fully saturated rings. The van der Waals surface area contributed by atoms with Crippen molar-refractivity contribution in [3.05, 3.63) is 47.4 Å². The van der Waals surface area contributed by atoms with Gasteiger partial charge in [0.2, 0.25) is 0 Å². The second-order valence-electron chi connectivity index (χ2n) is 5.84. The van der Waals surface area contributed by atoms with Gasteiger partial charge in [-0.3, -0.25) is 4.79 Å². The molecule has 0 radical (unpaired) electrons. The van der Waals surface area contributed by atoms with Crippen molar-refractivity contribution < 1.29 is 9.21 Å². The molecule has 7 heteroatoms. The summed E-state index contributed by atoms with van der Waals surface area (Å²) < 4.78 is 6.28. The Kier molecular flexibility index (Phi) is 4.16. The summed E-state index contributed by atoms with van der Waals surface area (Å²) in [4.78, 5) is 18.8. The highest BCUT2D eigenvalue weighted by Gasteiger charge is 2.26. The molecule has 0 bridgehead atoms. The highest BCUT2D eigenvalue weighted by molar-refractivity contribution is 7.22. The number of piperidine rings is 1. The van der Waals surface area contributed by atoms with E-state index in [0.29, 0.717) is 17.3 Å². The van der Waals surface area contributed by atoms with Gasteiger partial charge in [0.25, 0.3) is 5.91 Å². The van der Waals surface area contributed by atoms with Crippen molar-refractivity contribution in [3.8, 4) is 0 Å². The van der Waals surface area contributed by atoms with Crippen LogP contribution in [0, 0.1) is 0 Å². The molecule has 1 atom stereocenters. The fourth-order valence-electron chi connectivity index (χ4n) is 2.97. The number of fused-ring (bicyclic) bond motifs is 1. The molecule has 3 heterocycles. The lowest BCUT2D eigenvalue weighted by atomic mass is 10.1. The van der Waals surface area contributed by atoms with Gasteiger partial charge >= 0.3 is 0 Å². The summed E-state index contributed by atoms with van der Waals surface area (Å²) >= 11 is 7.61. The van der Waals surface area contributed by atoms with Crippen molar-refractivity contribution in [3.63, 3.8) is 0 Å². The van der Waals surface area contributed by atoms with E-state index in [4.69, 9.17) is 16.0 Å². The van der Waals surface area contributed by atoms with Crippen LogP contribution in [0.1, 0.15) is 23.4 Å². The number of benzene rings is 1. The molecule has 1 unspecified atom stereocenters. The van der Waals surface area contributed by atoms with Crippen molar-refractivity contribution in [2.75, 3.05) is 18.4 Å². The molecule has 0 saturated carbocycles. The number of carbonyl (C=O) groups is 1. The monoisotopic (exact) mass is 361 g/mol. The highest BCUT2D eigenvalue weighted by atomic mass is 35.5. The van der Waals surface area contributed by atoms with Gasteiger partial charge in [-0.25, -0.2) is 4.98 Å². The van der Waals surface area contributed by atoms with E-state index < -0.39 is 0 Å². The van der Waals surface area contributed by atoms with Crippen LogP contribution < -0.4 is 5.32 Å². The number of thiazole rings is 1. The minimum Gasteiger partial charge on any atom is -0.459 e. The number of likely N-dealkylation sites (tertiary alicyclic amines) is 1. The third-order valence-electron chi connectivity index (χ3n) is 4.12. The van der Waals surface area contributed by atoms with E-state index in [1.165, 1.54) is 6.26 Å². The SMILES string of the molecule is O=C(c1ccco1)N1CCCC(Nc2nc3ccc(Cl)cc3s2)C1. The lowest BCUT2D eigenvalue weighted by molar-refractivity contribution is 0.0682. The number of carbonyl (C=O) groups excluding carboxylic acids is 1. The largest absolute Gasteiger partial charge is 0.459 e. The molecule has 1 saturated heterocycles. The van der Waals surface area contributed by atoms with Gasteiger partial charge in [-0.05, 0) is 43.2 Å². The van der Waals surface area contributed by atoms with Gasteiger partial charge in [-0.15, -0.1) is 0 Å². The summed E-state index contributed by atoms with van der Waals surface area (Å²) in [5.74, 6) is 0.341. The minimum absolute atomic E-state index is 0.0532. The Morgan fingerprint density at radius 2 is 2.33 bits per heavy atom. The van der Waals surface area contributed by atoms with E-state index >= 15 is 0 Å². The number of aromatic nitrogens is 1. The number of furan rings is 1. The molecule has 1 aromatic carbocycles. The molecule has 1 amide bonds. The van der Waals surface area contributed by atoms with Gasteiger partial charge in [-0.2, -0.15) is 0 Å². The van der Waals surface area contributed by atoms with E-state index in [1.54, 1.807) is 23.5 Å². The molecule has 124 valence electrons. The van der Waals surface area contributed by atoms with Gasteiger partial charge in [0.05, 0.1) is 16.5 Å². The van der Waals surface area contributed by atoms with Crippen molar-refractivity contribution in [2.45, 2.75) is 18.9 Å². The van der Waals surface area contributed by atoms with E-state index in [0.717, 1.165) is 34.7 Å². The molecule has 0 spiro atoms. The second-order valence-corrected chi connectivity index (χ2v) is 7.31. The number of hydrogen-bond acceptors (Lipinski definition) is 5. The molecule has 1 aliphatic rings. The van der Waals surface area contributed by atoms with Gasteiger partial charge in [0.15, 0.2) is 10.9 Å². The maximum Gasteiger partial charge on any atom is 0.289 e. The molecule has 4 rings (SSSR count). The molecule has 24 heavy (non-hydrogen) atoms. The maximum atomic E-state index is 12.4. The fourth-order valence-corrected chi connectivity index (χ4v) is 4.19. The quantitative estimate of drug-likeness (QED) is 0.757. The summed E-state index contributed by atoms with van der Waals surface area (Å²) in [7, 11) is 0. The first-order chi connectivity index (χ1) is 11.7. The summed E-state index contributed by atoms with van der Waals surface area (Å²) in [6, 6.07) is 9.32. The third-order valence-corrected chi connectivity index (χ3v) is 5.30. The number of rotatable bonds is 3. The maximum absolute atomic E-state index is 12.4. The van der Waals surface area contributed by atoms with Crippen LogP contribution in [0.15, 0.2) is 41.0 Å². The smallest absolute Gasteiger partial charge is 0.289 e. The average Bonchev–Trinajstić information content (AvgIpc) is 3.23. The Bertz CT molecular complexity index is 862. The van der Waals surface area contributed by atoms with Gasteiger partial charge in [0.1, 0.15) is 0 Å².